The number of rotatable bonds is 7. The molecule has 0 aliphatic carbocycles. The van der Waals surface area contributed by atoms with Gasteiger partial charge in [-0.25, -0.2) is 9.96 Å². The van der Waals surface area contributed by atoms with Crippen LogP contribution in [0.3, 0.4) is 0 Å². The van der Waals surface area contributed by atoms with Crippen molar-refractivity contribution < 1.29 is 33.6 Å². The highest BCUT2D eigenvalue weighted by Crippen LogP contribution is 2.53. The quantitative estimate of drug-likeness (QED) is 0.179. The second-order valence-corrected chi connectivity index (χ2v) is 9.53. The molecule has 3 atom stereocenters. The smallest absolute Gasteiger partial charge is 0.271 e. The van der Waals surface area contributed by atoms with E-state index in [1.165, 1.54) is 49.5 Å². The third-order valence-corrected chi connectivity index (χ3v) is 7.47. The summed E-state index contributed by atoms with van der Waals surface area (Å²) in [6, 6.07) is 21.2. The van der Waals surface area contributed by atoms with Crippen LogP contribution in [0, 0.1) is 16.0 Å². The van der Waals surface area contributed by atoms with Crippen molar-refractivity contribution in [3.05, 3.63) is 94.5 Å². The molecule has 0 bridgehead atoms. The third-order valence-electron chi connectivity index (χ3n) is 7.47. The second-order valence-electron chi connectivity index (χ2n) is 9.53. The molecule has 208 valence electrons. The molecule has 0 unspecified atom stereocenters. The fourth-order valence-corrected chi connectivity index (χ4v) is 5.70. The number of ether oxygens (including phenoxy) is 3. The number of nitro benzene ring substituents is 1. The first kappa shape index (κ1) is 26.1. The summed E-state index contributed by atoms with van der Waals surface area (Å²) in [4.78, 5) is 46.6. The molecule has 2 aliphatic rings. The summed E-state index contributed by atoms with van der Waals surface area (Å²) in [6.45, 7) is 0. The number of anilines is 2. The summed E-state index contributed by atoms with van der Waals surface area (Å²) < 4.78 is 16.8. The molecule has 2 amide bonds. The van der Waals surface area contributed by atoms with Crippen LogP contribution in [0.5, 0.6) is 17.2 Å². The van der Waals surface area contributed by atoms with Gasteiger partial charge in [-0.1, -0.05) is 42.5 Å². The van der Waals surface area contributed by atoms with E-state index in [1.807, 2.05) is 30.3 Å². The van der Waals surface area contributed by atoms with E-state index in [9.17, 15) is 19.7 Å². The Morgan fingerprint density at radius 3 is 2.29 bits per heavy atom. The lowest BCUT2D eigenvalue weighted by molar-refractivity contribution is -0.384. The summed E-state index contributed by atoms with van der Waals surface area (Å²) in [7, 11) is 4.40. The van der Waals surface area contributed by atoms with Crippen LogP contribution in [0.25, 0.3) is 10.8 Å². The van der Waals surface area contributed by atoms with Crippen molar-refractivity contribution in [1.82, 2.24) is 0 Å². The predicted octanol–water partition coefficient (Wildman–Crippen LogP) is 4.82. The highest BCUT2D eigenvalue weighted by molar-refractivity contribution is 6.26. The van der Waals surface area contributed by atoms with Gasteiger partial charge in [0.05, 0.1) is 37.6 Å². The molecule has 4 aromatic carbocycles. The molecule has 2 saturated heterocycles. The first-order chi connectivity index (χ1) is 19.9. The number of nitro groups is 1. The normalized spacial score (nSPS) is 19.9. The van der Waals surface area contributed by atoms with Gasteiger partial charge in [0, 0.05) is 23.1 Å². The van der Waals surface area contributed by atoms with E-state index < -0.39 is 34.8 Å². The van der Waals surface area contributed by atoms with E-state index in [4.69, 9.17) is 19.0 Å². The van der Waals surface area contributed by atoms with Crippen molar-refractivity contribution in [2.24, 2.45) is 5.92 Å². The molecule has 0 radical (unpaired) electrons. The van der Waals surface area contributed by atoms with Gasteiger partial charge < -0.3 is 14.2 Å². The number of fused-ring (bicyclic) bond motifs is 2. The molecule has 41 heavy (non-hydrogen) atoms. The first-order valence-electron chi connectivity index (χ1n) is 12.7. The van der Waals surface area contributed by atoms with E-state index in [1.54, 1.807) is 30.3 Å². The van der Waals surface area contributed by atoms with Gasteiger partial charge in [-0.15, -0.1) is 0 Å². The molecule has 6 rings (SSSR count). The van der Waals surface area contributed by atoms with E-state index in [0.29, 0.717) is 22.7 Å². The number of non-ortho nitro benzene ring substituents is 1. The summed E-state index contributed by atoms with van der Waals surface area (Å²) in [6.07, 6.45) is -1.19. The average molecular weight is 556 g/mol. The summed E-state index contributed by atoms with van der Waals surface area (Å²) in [5.41, 5.74) is 1.06. The van der Waals surface area contributed by atoms with Crippen LogP contribution >= 0.6 is 0 Å². The van der Waals surface area contributed by atoms with Gasteiger partial charge in [-0.05, 0) is 29.7 Å². The van der Waals surface area contributed by atoms with E-state index in [-0.39, 0.29) is 17.2 Å². The van der Waals surface area contributed by atoms with E-state index >= 15 is 0 Å². The second kappa shape index (κ2) is 10.1. The summed E-state index contributed by atoms with van der Waals surface area (Å²) >= 11 is 0. The molecule has 0 saturated carbocycles. The average Bonchev–Trinajstić information content (AvgIpc) is 3.51. The molecule has 2 aliphatic heterocycles. The Labute approximate surface area is 234 Å². The minimum absolute atomic E-state index is 0.170. The van der Waals surface area contributed by atoms with E-state index in [2.05, 4.69) is 0 Å². The number of carbonyl (C=O) groups excluding carboxylic acids is 2. The number of nitrogens with zero attached hydrogens (tertiary/aromatic N) is 3. The first-order valence-corrected chi connectivity index (χ1v) is 12.7. The Balaban J connectivity index is 1.53. The van der Waals surface area contributed by atoms with Crippen LogP contribution < -0.4 is 24.2 Å². The Hall–Kier alpha value is -5.16. The molecule has 11 nitrogen and oxygen atoms in total. The fourth-order valence-electron chi connectivity index (χ4n) is 5.70. The van der Waals surface area contributed by atoms with Crippen molar-refractivity contribution >= 4 is 39.6 Å². The molecular weight excluding hydrogens is 530 g/mol. The largest absolute Gasteiger partial charge is 0.493 e. The number of imide groups is 1. The fraction of sp³-hybridized carbons (Fsp3) is 0.200. The Morgan fingerprint density at radius 2 is 1.56 bits per heavy atom. The summed E-state index contributed by atoms with van der Waals surface area (Å²) in [5.74, 6) is -1.04. The zero-order chi connectivity index (χ0) is 28.8. The standard InChI is InChI=1S/C30H25N3O8/c1-38-23-15-14-21(26(39-2)27(23)40-3)25-24-28(41-32(25)18-10-7-11-19(16-18)33(36)37)30(35)31(29(24)34)22-13-6-9-17-8-4-5-12-20(17)22/h4-16,24-25,28H,1-3H3/t24-,25-,28+/m1/s1. The van der Waals surface area contributed by atoms with Crippen molar-refractivity contribution in [2.75, 3.05) is 31.3 Å². The van der Waals surface area contributed by atoms with Gasteiger partial charge in [-0.2, -0.15) is 0 Å². The number of methoxy groups -OCH3 is 3. The molecule has 0 spiro atoms. The third kappa shape index (κ3) is 4.01. The Bertz CT molecular complexity index is 1700. The zero-order valence-electron chi connectivity index (χ0n) is 22.3. The van der Waals surface area contributed by atoms with Crippen LogP contribution in [0.1, 0.15) is 11.6 Å². The predicted molar refractivity (Wildman–Crippen MR) is 149 cm³/mol. The SMILES string of the molecule is COc1ccc([C@@H]2[C@H]3C(=O)N(c4cccc5ccccc45)C(=O)[C@H]3ON2c2cccc([N+](=O)[O-])c2)c(OC)c1OC. The van der Waals surface area contributed by atoms with Gasteiger partial charge in [0.1, 0.15) is 12.0 Å². The maximum absolute atomic E-state index is 14.2. The Kier molecular flexibility index (Phi) is 6.43. The molecular formula is C30H25N3O8. The number of benzene rings is 4. The highest BCUT2D eigenvalue weighted by atomic mass is 16.7. The number of carbonyl (C=O) groups is 2. The number of hydroxylamine groups is 1. The maximum Gasteiger partial charge on any atom is 0.271 e. The highest BCUT2D eigenvalue weighted by Gasteiger charge is 2.61. The van der Waals surface area contributed by atoms with Crippen molar-refractivity contribution in [1.29, 1.82) is 0 Å². The Morgan fingerprint density at radius 1 is 0.829 bits per heavy atom. The van der Waals surface area contributed by atoms with Crippen LogP contribution in [0.15, 0.2) is 78.9 Å². The minimum atomic E-state index is -1.19. The van der Waals surface area contributed by atoms with Crippen molar-refractivity contribution in [3.63, 3.8) is 0 Å². The van der Waals surface area contributed by atoms with Crippen molar-refractivity contribution in [3.8, 4) is 17.2 Å². The van der Waals surface area contributed by atoms with Gasteiger partial charge in [0.2, 0.25) is 11.7 Å². The van der Waals surface area contributed by atoms with Crippen LogP contribution in [-0.4, -0.2) is 44.2 Å². The topological polar surface area (TPSA) is 121 Å². The number of hydrogen-bond donors (Lipinski definition) is 0. The lowest BCUT2D eigenvalue weighted by Gasteiger charge is -2.30. The molecule has 2 fully saturated rings. The lowest BCUT2D eigenvalue weighted by atomic mass is 9.89. The van der Waals surface area contributed by atoms with Crippen molar-refractivity contribution in [2.45, 2.75) is 12.1 Å². The van der Waals surface area contributed by atoms with Crippen LogP contribution in [0.4, 0.5) is 17.1 Å². The molecule has 0 aromatic heterocycles. The van der Waals surface area contributed by atoms with Crippen LogP contribution in [-0.2, 0) is 14.4 Å². The monoisotopic (exact) mass is 555 g/mol. The minimum Gasteiger partial charge on any atom is -0.493 e. The van der Waals surface area contributed by atoms with Gasteiger partial charge in [-0.3, -0.25) is 24.5 Å². The van der Waals surface area contributed by atoms with Gasteiger partial charge in [0.15, 0.2) is 17.6 Å². The molecule has 4 aromatic rings. The maximum atomic E-state index is 14.2. The lowest BCUT2D eigenvalue weighted by Crippen LogP contribution is -2.37. The van der Waals surface area contributed by atoms with Gasteiger partial charge >= 0.3 is 0 Å². The molecule has 11 heteroatoms. The van der Waals surface area contributed by atoms with E-state index in [0.717, 1.165) is 10.8 Å². The molecule has 0 N–H and O–H groups in total. The zero-order valence-corrected chi connectivity index (χ0v) is 22.3. The molecule has 2 heterocycles. The summed E-state index contributed by atoms with van der Waals surface area (Å²) in [5, 5.41) is 14.6. The number of hydrogen-bond acceptors (Lipinski definition) is 9. The van der Waals surface area contributed by atoms with Crippen LogP contribution in [0.2, 0.25) is 0 Å². The number of amides is 2. The van der Waals surface area contributed by atoms with Gasteiger partial charge in [0.25, 0.3) is 11.6 Å².